The van der Waals surface area contributed by atoms with Crippen molar-refractivity contribution in [2.24, 2.45) is 0 Å². The molecule has 0 fully saturated rings. The van der Waals surface area contributed by atoms with Crippen LogP contribution in [-0.4, -0.2) is 7.05 Å². The SMILES string of the molecule is CN[C@H](C)c1ccccc1Cl. The van der Waals surface area contributed by atoms with Gasteiger partial charge in [0.05, 0.1) is 0 Å². The van der Waals surface area contributed by atoms with E-state index in [-0.39, 0.29) is 0 Å². The van der Waals surface area contributed by atoms with E-state index in [1.165, 1.54) is 0 Å². The summed E-state index contributed by atoms with van der Waals surface area (Å²) in [7, 11) is 1.92. The predicted molar refractivity (Wildman–Crippen MR) is 48.9 cm³/mol. The third-order valence-corrected chi connectivity index (χ3v) is 2.15. The molecule has 1 rings (SSSR count). The zero-order valence-electron chi connectivity index (χ0n) is 6.76. The van der Waals surface area contributed by atoms with Gasteiger partial charge in [-0.15, -0.1) is 0 Å². The molecule has 0 saturated carbocycles. The van der Waals surface area contributed by atoms with Crippen LogP contribution >= 0.6 is 11.6 Å². The van der Waals surface area contributed by atoms with Crippen LogP contribution in [0.4, 0.5) is 0 Å². The molecule has 0 radical (unpaired) electrons. The standard InChI is InChI=1S/C9H12ClN/c1-7(11-2)8-5-3-4-6-9(8)10/h3-7,11H,1-2H3/t7-/m1/s1. The highest BCUT2D eigenvalue weighted by Crippen LogP contribution is 2.21. The fraction of sp³-hybridized carbons (Fsp3) is 0.333. The number of hydrogen-bond donors (Lipinski definition) is 1. The van der Waals surface area contributed by atoms with Gasteiger partial charge in [0.25, 0.3) is 0 Å². The molecule has 0 bridgehead atoms. The molecule has 0 unspecified atom stereocenters. The molecule has 0 spiro atoms. The average Bonchev–Trinajstić information content (AvgIpc) is 2.04. The second kappa shape index (κ2) is 3.74. The minimum absolute atomic E-state index is 0.323. The average molecular weight is 170 g/mol. The van der Waals surface area contributed by atoms with Gasteiger partial charge in [-0.05, 0) is 25.6 Å². The first-order valence-corrected chi connectivity index (χ1v) is 4.05. The predicted octanol–water partition coefficient (Wildman–Crippen LogP) is 2.62. The number of nitrogens with one attached hydrogen (secondary N) is 1. The lowest BCUT2D eigenvalue weighted by atomic mass is 10.1. The molecule has 1 aromatic carbocycles. The van der Waals surface area contributed by atoms with Crippen molar-refractivity contribution in [1.82, 2.24) is 5.32 Å². The Bertz CT molecular complexity index is 235. The molecule has 0 amide bonds. The Hall–Kier alpha value is -0.530. The van der Waals surface area contributed by atoms with Crippen LogP contribution < -0.4 is 5.32 Å². The summed E-state index contributed by atoms with van der Waals surface area (Å²) in [6, 6.07) is 8.20. The van der Waals surface area contributed by atoms with Crippen LogP contribution in [0, 0.1) is 0 Å². The van der Waals surface area contributed by atoms with Crippen LogP contribution in [0.3, 0.4) is 0 Å². The van der Waals surface area contributed by atoms with E-state index in [1.807, 2.05) is 31.3 Å². The fourth-order valence-electron chi connectivity index (χ4n) is 0.982. The monoisotopic (exact) mass is 169 g/mol. The normalized spacial score (nSPS) is 13.0. The van der Waals surface area contributed by atoms with E-state index >= 15 is 0 Å². The fourth-order valence-corrected chi connectivity index (χ4v) is 1.28. The second-order valence-corrected chi connectivity index (χ2v) is 2.94. The lowest BCUT2D eigenvalue weighted by Gasteiger charge is -2.11. The summed E-state index contributed by atoms with van der Waals surface area (Å²) in [5, 5.41) is 3.97. The quantitative estimate of drug-likeness (QED) is 0.718. The zero-order chi connectivity index (χ0) is 8.27. The molecule has 1 nitrogen and oxygen atoms in total. The lowest BCUT2D eigenvalue weighted by molar-refractivity contribution is 0.652. The van der Waals surface area contributed by atoms with E-state index in [2.05, 4.69) is 12.2 Å². The van der Waals surface area contributed by atoms with Gasteiger partial charge in [-0.25, -0.2) is 0 Å². The van der Waals surface area contributed by atoms with E-state index in [0.717, 1.165) is 10.6 Å². The number of halogens is 1. The Kier molecular flexibility index (Phi) is 2.92. The van der Waals surface area contributed by atoms with Gasteiger partial charge in [-0.2, -0.15) is 0 Å². The molecule has 1 atom stereocenters. The number of rotatable bonds is 2. The molecule has 0 aliphatic heterocycles. The lowest BCUT2D eigenvalue weighted by Crippen LogP contribution is -2.12. The van der Waals surface area contributed by atoms with E-state index in [4.69, 9.17) is 11.6 Å². The number of hydrogen-bond acceptors (Lipinski definition) is 1. The van der Waals surface area contributed by atoms with Crippen molar-refractivity contribution in [3.63, 3.8) is 0 Å². The van der Waals surface area contributed by atoms with Crippen molar-refractivity contribution in [3.8, 4) is 0 Å². The molecule has 1 aromatic rings. The first-order valence-electron chi connectivity index (χ1n) is 3.67. The maximum Gasteiger partial charge on any atom is 0.0453 e. The van der Waals surface area contributed by atoms with E-state index in [1.54, 1.807) is 0 Å². The van der Waals surface area contributed by atoms with Gasteiger partial charge in [0.2, 0.25) is 0 Å². The molecule has 0 aliphatic rings. The molecule has 0 saturated heterocycles. The third-order valence-electron chi connectivity index (χ3n) is 1.80. The highest BCUT2D eigenvalue weighted by Gasteiger charge is 2.04. The summed E-state index contributed by atoms with van der Waals surface area (Å²) in [5.74, 6) is 0. The van der Waals surface area contributed by atoms with Gasteiger partial charge < -0.3 is 5.32 Å². The first-order chi connectivity index (χ1) is 5.25. The van der Waals surface area contributed by atoms with Gasteiger partial charge >= 0.3 is 0 Å². The summed E-state index contributed by atoms with van der Waals surface area (Å²) < 4.78 is 0. The summed E-state index contributed by atoms with van der Waals surface area (Å²) >= 11 is 5.96. The van der Waals surface area contributed by atoms with Crippen LogP contribution in [0.25, 0.3) is 0 Å². The maximum absolute atomic E-state index is 5.96. The molecule has 1 N–H and O–H groups in total. The Labute approximate surface area is 72.4 Å². The molecule has 0 aliphatic carbocycles. The molecule has 0 heterocycles. The number of benzene rings is 1. The van der Waals surface area contributed by atoms with Crippen molar-refractivity contribution < 1.29 is 0 Å². The summed E-state index contributed by atoms with van der Waals surface area (Å²) in [5.41, 5.74) is 1.15. The summed E-state index contributed by atoms with van der Waals surface area (Å²) in [4.78, 5) is 0. The molecule has 0 aromatic heterocycles. The van der Waals surface area contributed by atoms with Crippen molar-refractivity contribution in [2.75, 3.05) is 7.05 Å². The van der Waals surface area contributed by atoms with Gasteiger partial charge in [0.15, 0.2) is 0 Å². The van der Waals surface area contributed by atoms with E-state index < -0.39 is 0 Å². The molecular weight excluding hydrogens is 158 g/mol. The van der Waals surface area contributed by atoms with Gasteiger partial charge in [0, 0.05) is 11.1 Å². The van der Waals surface area contributed by atoms with Crippen LogP contribution in [0.2, 0.25) is 5.02 Å². The van der Waals surface area contributed by atoms with Crippen molar-refractivity contribution in [3.05, 3.63) is 34.9 Å². The highest BCUT2D eigenvalue weighted by atomic mass is 35.5. The Morgan fingerprint density at radius 2 is 2.00 bits per heavy atom. The third kappa shape index (κ3) is 1.95. The molecular formula is C9H12ClN. The minimum Gasteiger partial charge on any atom is -0.313 e. The summed E-state index contributed by atoms with van der Waals surface area (Å²) in [6.45, 7) is 2.08. The highest BCUT2D eigenvalue weighted by molar-refractivity contribution is 6.31. The van der Waals surface area contributed by atoms with Gasteiger partial charge in [0.1, 0.15) is 0 Å². The Balaban J connectivity index is 2.93. The van der Waals surface area contributed by atoms with Crippen molar-refractivity contribution in [2.45, 2.75) is 13.0 Å². The second-order valence-electron chi connectivity index (χ2n) is 2.53. The van der Waals surface area contributed by atoms with Crippen molar-refractivity contribution >= 4 is 11.6 Å². The zero-order valence-corrected chi connectivity index (χ0v) is 7.52. The molecule has 11 heavy (non-hydrogen) atoms. The van der Waals surface area contributed by atoms with E-state index in [0.29, 0.717) is 6.04 Å². The van der Waals surface area contributed by atoms with Gasteiger partial charge in [-0.1, -0.05) is 29.8 Å². The van der Waals surface area contributed by atoms with Crippen LogP contribution in [0.15, 0.2) is 24.3 Å². The van der Waals surface area contributed by atoms with Gasteiger partial charge in [-0.3, -0.25) is 0 Å². The maximum atomic E-state index is 5.96. The smallest absolute Gasteiger partial charge is 0.0453 e. The van der Waals surface area contributed by atoms with Crippen LogP contribution in [0.1, 0.15) is 18.5 Å². The molecule has 60 valence electrons. The van der Waals surface area contributed by atoms with Crippen LogP contribution in [0.5, 0.6) is 0 Å². The van der Waals surface area contributed by atoms with Crippen molar-refractivity contribution in [1.29, 1.82) is 0 Å². The van der Waals surface area contributed by atoms with Crippen LogP contribution in [-0.2, 0) is 0 Å². The minimum atomic E-state index is 0.323. The largest absolute Gasteiger partial charge is 0.313 e. The Morgan fingerprint density at radius 3 is 2.55 bits per heavy atom. The summed E-state index contributed by atoms with van der Waals surface area (Å²) in [6.07, 6.45) is 0. The topological polar surface area (TPSA) is 12.0 Å². The van der Waals surface area contributed by atoms with E-state index in [9.17, 15) is 0 Å². The first kappa shape index (κ1) is 8.57. The molecule has 2 heteroatoms. The Morgan fingerprint density at radius 1 is 1.36 bits per heavy atom.